The van der Waals surface area contributed by atoms with Gasteiger partial charge in [-0.15, -0.1) is 0 Å². The highest BCUT2D eigenvalue weighted by molar-refractivity contribution is 5.94. The zero-order chi connectivity index (χ0) is 16.7. The largest absolute Gasteiger partial charge is 0.459 e. The summed E-state index contributed by atoms with van der Waals surface area (Å²) in [5.74, 6) is -0.355. The molecular weight excluding hydrogens is 292 g/mol. The number of likely N-dealkylation sites (tertiary alicyclic amines) is 1. The van der Waals surface area contributed by atoms with Crippen LogP contribution < -0.4 is 5.32 Å². The first-order chi connectivity index (χ1) is 11.0. The Bertz CT molecular complexity index is 518. The van der Waals surface area contributed by atoms with Gasteiger partial charge in [0.1, 0.15) is 0 Å². The van der Waals surface area contributed by atoms with Gasteiger partial charge in [-0.05, 0) is 64.0 Å². The summed E-state index contributed by atoms with van der Waals surface area (Å²) in [6.45, 7) is 6.04. The second-order valence-electron chi connectivity index (χ2n) is 6.27. The Hall–Kier alpha value is -1.88. The quantitative estimate of drug-likeness (QED) is 0.848. The molecule has 126 valence electrons. The molecule has 2 rings (SSSR count). The number of carbonyl (C=O) groups excluding carboxylic acids is 2. The van der Waals surface area contributed by atoms with Crippen molar-refractivity contribution >= 4 is 17.6 Å². The van der Waals surface area contributed by atoms with Crippen LogP contribution in [-0.4, -0.2) is 42.5 Å². The smallest absolute Gasteiger partial charge is 0.338 e. The predicted octanol–water partition coefficient (Wildman–Crippen LogP) is 3.07. The van der Waals surface area contributed by atoms with Crippen molar-refractivity contribution in [2.75, 3.05) is 25.0 Å². The van der Waals surface area contributed by atoms with Crippen LogP contribution in [0.2, 0.25) is 0 Å². The van der Waals surface area contributed by atoms with Crippen LogP contribution in [0.5, 0.6) is 0 Å². The average molecular weight is 318 g/mol. The van der Waals surface area contributed by atoms with Gasteiger partial charge in [0.15, 0.2) is 0 Å². The van der Waals surface area contributed by atoms with Crippen LogP contribution in [0.15, 0.2) is 24.3 Å². The molecule has 1 saturated heterocycles. The molecule has 1 aliphatic heterocycles. The Balaban J connectivity index is 1.85. The SMILES string of the molecule is CC(C)OC(=O)c1ccc(NC(=O)CN2CCCCCC2)cc1. The summed E-state index contributed by atoms with van der Waals surface area (Å²) in [4.78, 5) is 26.1. The fraction of sp³-hybridized carbons (Fsp3) is 0.556. The van der Waals surface area contributed by atoms with Crippen LogP contribution in [0.25, 0.3) is 0 Å². The van der Waals surface area contributed by atoms with Gasteiger partial charge in [-0.25, -0.2) is 4.79 Å². The minimum Gasteiger partial charge on any atom is -0.459 e. The lowest BCUT2D eigenvalue weighted by molar-refractivity contribution is -0.117. The minimum atomic E-state index is -0.345. The lowest BCUT2D eigenvalue weighted by atomic mass is 10.2. The van der Waals surface area contributed by atoms with Gasteiger partial charge in [0, 0.05) is 5.69 Å². The molecule has 0 aliphatic carbocycles. The molecule has 1 fully saturated rings. The van der Waals surface area contributed by atoms with Gasteiger partial charge in [-0.3, -0.25) is 9.69 Å². The van der Waals surface area contributed by atoms with E-state index < -0.39 is 0 Å². The number of anilines is 1. The van der Waals surface area contributed by atoms with E-state index in [-0.39, 0.29) is 18.0 Å². The van der Waals surface area contributed by atoms with Crippen molar-refractivity contribution < 1.29 is 14.3 Å². The molecule has 1 amide bonds. The second kappa shape index (κ2) is 8.67. The Morgan fingerprint density at radius 1 is 1.09 bits per heavy atom. The Labute approximate surface area is 138 Å². The van der Waals surface area contributed by atoms with Gasteiger partial charge < -0.3 is 10.1 Å². The van der Waals surface area contributed by atoms with E-state index in [1.54, 1.807) is 24.3 Å². The van der Waals surface area contributed by atoms with Crippen molar-refractivity contribution in [3.8, 4) is 0 Å². The van der Waals surface area contributed by atoms with E-state index in [4.69, 9.17) is 4.74 Å². The first-order valence-electron chi connectivity index (χ1n) is 8.38. The van der Waals surface area contributed by atoms with Gasteiger partial charge in [0.05, 0.1) is 18.2 Å². The fourth-order valence-corrected chi connectivity index (χ4v) is 2.67. The molecule has 1 aliphatic rings. The number of nitrogens with zero attached hydrogens (tertiary/aromatic N) is 1. The summed E-state index contributed by atoms with van der Waals surface area (Å²) in [7, 11) is 0. The Kier molecular flexibility index (Phi) is 6.59. The Morgan fingerprint density at radius 2 is 1.70 bits per heavy atom. The van der Waals surface area contributed by atoms with Gasteiger partial charge in [0.2, 0.25) is 5.91 Å². The number of ether oxygens (including phenoxy) is 1. The number of rotatable bonds is 5. The summed E-state index contributed by atoms with van der Waals surface area (Å²) in [6, 6.07) is 6.81. The summed E-state index contributed by atoms with van der Waals surface area (Å²) in [5.41, 5.74) is 1.19. The third kappa shape index (κ3) is 6.02. The minimum absolute atomic E-state index is 0.00981. The van der Waals surface area contributed by atoms with Crippen LogP contribution in [0.4, 0.5) is 5.69 Å². The molecule has 5 heteroatoms. The Morgan fingerprint density at radius 3 is 2.26 bits per heavy atom. The van der Waals surface area contributed by atoms with Crippen molar-refractivity contribution in [3.63, 3.8) is 0 Å². The molecule has 0 unspecified atom stereocenters. The standard InChI is InChI=1S/C18H26N2O3/c1-14(2)23-18(22)15-7-9-16(10-8-15)19-17(21)13-20-11-5-3-4-6-12-20/h7-10,14H,3-6,11-13H2,1-2H3,(H,19,21). The van der Waals surface area contributed by atoms with Crippen molar-refractivity contribution in [1.29, 1.82) is 0 Å². The molecule has 1 N–H and O–H groups in total. The molecule has 23 heavy (non-hydrogen) atoms. The summed E-state index contributed by atoms with van der Waals surface area (Å²) < 4.78 is 5.14. The molecule has 5 nitrogen and oxygen atoms in total. The van der Waals surface area contributed by atoms with Crippen molar-refractivity contribution in [1.82, 2.24) is 4.90 Å². The van der Waals surface area contributed by atoms with Crippen LogP contribution in [0, 0.1) is 0 Å². The zero-order valence-electron chi connectivity index (χ0n) is 14.0. The molecule has 1 aromatic rings. The van der Waals surface area contributed by atoms with Gasteiger partial charge in [-0.1, -0.05) is 12.8 Å². The maximum absolute atomic E-state index is 12.1. The molecule has 0 spiro atoms. The number of hydrogen-bond acceptors (Lipinski definition) is 4. The predicted molar refractivity (Wildman–Crippen MR) is 90.5 cm³/mol. The lowest BCUT2D eigenvalue weighted by Gasteiger charge is -2.19. The summed E-state index contributed by atoms with van der Waals surface area (Å²) in [5, 5.41) is 2.88. The average Bonchev–Trinajstić information content (AvgIpc) is 2.75. The molecule has 0 saturated carbocycles. The van der Waals surface area contributed by atoms with Crippen molar-refractivity contribution in [2.24, 2.45) is 0 Å². The van der Waals surface area contributed by atoms with Gasteiger partial charge >= 0.3 is 5.97 Å². The molecule has 1 heterocycles. The first-order valence-corrected chi connectivity index (χ1v) is 8.38. The monoisotopic (exact) mass is 318 g/mol. The first kappa shape index (κ1) is 17.5. The van der Waals surface area contributed by atoms with Crippen LogP contribution in [-0.2, 0) is 9.53 Å². The van der Waals surface area contributed by atoms with E-state index in [2.05, 4.69) is 10.2 Å². The fourth-order valence-electron chi connectivity index (χ4n) is 2.67. The van der Waals surface area contributed by atoms with Crippen molar-refractivity contribution in [3.05, 3.63) is 29.8 Å². The number of hydrogen-bond donors (Lipinski definition) is 1. The molecule has 0 atom stereocenters. The highest BCUT2D eigenvalue weighted by Crippen LogP contribution is 2.13. The molecular formula is C18H26N2O3. The van der Waals surface area contributed by atoms with E-state index >= 15 is 0 Å². The van der Waals surface area contributed by atoms with Crippen LogP contribution >= 0.6 is 0 Å². The third-order valence-electron chi connectivity index (χ3n) is 3.81. The highest BCUT2D eigenvalue weighted by Gasteiger charge is 2.13. The van der Waals surface area contributed by atoms with Crippen LogP contribution in [0.1, 0.15) is 49.9 Å². The number of nitrogens with one attached hydrogen (secondary N) is 1. The topological polar surface area (TPSA) is 58.6 Å². The van der Waals surface area contributed by atoms with Gasteiger partial charge in [0.25, 0.3) is 0 Å². The second-order valence-corrected chi connectivity index (χ2v) is 6.27. The highest BCUT2D eigenvalue weighted by atomic mass is 16.5. The zero-order valence-corrected chi connectivity index (χ0v) is 14.0. The summed E-state index contributed by atoms with van der Waals surface area (Å²) in [6.07, 6.45) is 4.70. The molecule has 1 aromatic carbocycles. The maximum Gasteiger partial charge on any atom is 0.338 e. The number of carbonyl (C=O) groups is 2. The van der Waals surface area contributed by atoms with E-state index in [9.17, 15) is 9.59 Å². The lowest BCUT2D eigenvalue weighted by Crippen LogP contribution is -2.33. The molecule has 0 bridgehead atoms. The summed E-state index contributed by atoms with van der Waals surface area (Å²) >= 11 is 0. The number of esters is 1. The van der Waals surface area contributed by atoms with Gasteiger partial charge in [-0.2, -0.15) is 0 Å². The number of amides is 1. The number of benzene rings is 1. The van der Waals surface area contributed by atoms with E-state index in [1.165, 1.54) is 25.7 Å². The maximum atomic E-state index is 12.1. The van der Waals surface area contributed by atoms with Crippen molar-refractivity contribution in [2.45, 2.75) is 45.6 Å². The normalized spacial score (nSPS) is 16.0. The van der Waals surface area contributed by atoms with E-state index in [0.29, 0.717) is 17.8 Å². The van der Waals surface area contributed by atoms with Crippen LogP contribution in [0.3, 0.4) is 0 Å². The van der Waals surface area contributed by atoms with E-state index in [0.717, 1.165) is 13.1 Å². The molecule has 0 aromatic heterocycles. The van der Waals surface area contributed by atoms with E-state index in [1.807, 2.05) is 13.8 Å². The molecule has 0 radical (unpaired) electrons. The third-order valence-corrected chi connectivity index (χ3v) is 3.81.